The molecule has 0 spiro atoms. The minimum Gasteiger partial charge on any atom is -0.381 e. The van der Waals surface area contributed by atoms with Crippen molar-refractivity contribution in [2.24, 2.45) is 11.8 Å². The van der Waals surface area contributed by atoms with Gasteiger partial charge in [0.15, 0.2) is 0 Å². The minimum atomic E-state index is 0.192. The lowest BCUT2D eigenvalue weighted by atomic mass is 9.85. The van der Waals surface area contributed by atoms with E-state index in [0.29, 0.717) is 12.1 Å². The van der Waals surface area contributed by atoms with E-state index >= 15 is 0 Å². The number of hydrogen-bond donors (Lipinski definition) is 1. The van der Waals surface area contributed by atoms with Crippen LogP contribution in [0.1, 0.15) is 57.8 Å². The fourth-order valence-electron chi connectivity index (χ4n) is 5.27. The molecule has 2 saturated carbocycles. The van der Waals surface area contributed by atoms with Gasteiger partial charge in [-0.05, 0) is 37.5 Å². The molecule has 2 saturated heterocycles. The summed E-state index contributed by atoms with van der Waals surface area (Å²) < 4.78 is 5.49. The van der Waals surface area contributed by atoms with Gasteiger partial charge in [0.1, 0.15) is 0 Å². The Morgan fingerprint density at radius 3 is 2.48 bits per heavy atom. The Balaban J connectivity index is 1.21. The number of urea groups is 1. The predicted molar refractivity (Wildman–Crippen MR) is 98.6 cm³/mol. The second kappa shape index (κ2) is 8.26. The van der Waals surface area contributed by atoms with Crippen LogP contribution in [-0.4, -0.2) is 67.3 Å². The first-order valence-electron chi connectivity index (χ1n) is 10.7. The predicted octanol–water partition coefficient (Wildman–Crippen LogP) is 2.85. The third-order valence-electron chi connectivity index (χ3n) is 6.93. The van der Waals surface area contributed by atoms with Crippen molar-refractivity contribution < 1.29 is 9.53 Å². The number of rotatable bonds is 3. The van der Waals surface area contributed by atoms with Crippen molar-refractivity contribution in [1.29, 1.82) is 0 Å². The Kier molecular flexibility index (Phi) is 5.81. The Labute approximate surface area is 152 Å². The molecule has 0 bridgehead atoms. The number of nitrogens with zero attached hydrogens (tertiary/aromatic N) is 2. The molecule has 2 aliphatic carbocycles. The number of carbonyl (C=O) groups is 1. The van der Waals surface area contributed by atoms with Crippen LogP contribution in [0.25, 0.3) is 0 Å². The first-order valence-corrected chi connectivity index (χ1v) is 10.7. The lowest BCUT2D eigenvalue weighted by Gasteiger charge is -2.33. The average molecular weight is 350 g/mol. The summed E-state index contributed by atoms with van der Waals surface area (Å²) in [5.41, 5.74) is 0. The second-order valence-electron chi connectivity index (χ2n) is 8.57. The highest BCUT2D eigenvalue weighted by molar-refractivity contribution is 5.75. The number of ether oxygens (including phenoxy) is 1. The van der Waals surface area contributed by atoms with E-state index in [2.05, 4.69) is 15.1 Å². The first kappa shape index (κ1) is 17.6. The molecule has 4 aliphatic rings. The van der Waals surface area contributed by atoms with E-state index in [0.717, 1.165) is 70.5 Å². The van der Waals surface area contributed by atoms with Crippen molar-refractivity contribution in [3.63, 3.8) is 0 Å². The van der Waals surface area contributed by atoms with Gasteiger partial charge in [0.05, 0.1) is 0 Å². The van der Waals surface area contributed by atoms with Gasteiger partial charge in [-0.25, -0.2) is 4.79 Å². The summed E-state index contributed by atoms with van der Waals surface area (Å²) in [6, 6.07) is 1.32. The number of carbonyl (C=O) groups excluding carboxylic acids is 1. The van der Waals surface area contributed by atoms with Crippen LogP contribution in [0.5, 0.6) is 0 Å². The number of amides is 2. The maximum absolute atomic E-state index is 12.7. The van der Waals surface area contributed by atoms with Crippen molar-refractivity contribution in [3.05, 3.63) is 0 Å². The van der Waals surface area contributed by atoms with Gasteiger partial charge < -0.3 is 15.0 Å². The highest BCUT2D eigenvalue weighted by Gasteiger charge is 2.44. The third-order valence-corrected chi connectivity index (χ3v) is 6.93. The van der Waals surface area contributed by atoms with Gasteiger partial charge in [0, 0.05) is 51.5 Å². The van der Waals surface area contributed by atoms with Crippen LogP contribution in [0.3, 0.4) is 0 Å². The lowest BCUT2D eigenvalue weighted by molar-refractivity contribution is 0.0356. The molecule has 5 heteroatoms. The van der Waals surface area contributed by atoms with E-state index in [1.807, 2.05) is 0 Å². The molecule has 0 aromatic rings. The Morgan fingerprint density at radius 2 is 1.68 bits per heavy atom. The summed E-state index contributed by atoms with van der Waals surface area (Å²) in [5, 5.41) is 3.34. The molecular weight excluding hydrogens is 314 g/mol. The van der Waals surface area contributed by atoms with Crippen LogP contribution in [0.15, 0.2) is 0 Å². The maximum Gasteiger partial charge on any atom is 0.317 e. The van der Waals surface area contributed by atoms with E-state index in [1.165, 1.54) is 38.5 Å². The standard InChI is InChI=1S/C20H35N3O2/c24-20(21-19-15-18(19)16-5-2-1-3-6-16)23-10-4-9-22(11-12-23)17-7-13-25-14-8-17/h16-19H,1-15H2,(H,21,24)/t18-,19-/m1/s1. The molecule has 25 heavy (non-hydrogen) atoms. The number of hydrogen-bond acceptors (Lipinski definition) is 3. The van der Waals surface area contributed by atoms with Crippen LogP contribution in [0.2, 0.25) is 0 Å². The summed E-state index contributed by atoms with van der Waals surface area (Å²) in [6.45, 7) is 5.74. The minimum absolute atomic E-state index is 0.192. The van der Waals surface area contributed by atoms with Crippen LogP contribution in [0.4, 0.5) is 4.79 Å². The van der Waals surface area contributed by atoms with Crippen LogP contribution in [0, 0.1) is 11.8 Å². The summed E-state index contributed by atoms with van der Waals surface area (Å²) >= 11 is 0. The van der Waals surface area contributed by atoms with E-state index in [1.54, 1.807) is 0 Å². The summed E-state index contributed by atoms with van der Waals surface area (Å²) in [6.07, 6.45) is 11.6. The zero-order valence-corrected chi connectivity index (χ0v) is 15.6. The van der Waals surface area contributed by atoms with E-state index in [4.69, 9.17) is 4.74 Å². The van der Waals surface area contributed by atoms with Gasteiger partial charge in [-0.3, -0.25) is 4.90 Å². The molecule has 0 aromatic carbocycles. The highest BCUT2D eigenvalue weighted by Crippen LogP contribution is 2.44. The van der Waals surface area contributed by atoms with Gasteiger partial charge in [0.25, 0.3) is 0 Å². The van der Waals surface area contributed by atoms with Gasteiger partial charge in [-0.2, -0.15) is 0 Å². The second-order valence-corrected chi connectivity index (χ2v) is 8.57. The van der Waals surface area contributed by atoms with Crippen molar-refractivity contribution in [3.8, 4) is 0 Å². The van der Waals surface area contributed by atoms with Crippen molar-refractivity contribution >= 4 is 6.03 Å². The molecule has 0 radical (unpaired) electrons. The maximum atomic E-state index is 12.7. The molecule has 2 heterocycles. The zero-order chi connectivity index (χ0) is 17.1. The normalized spacial score (nSPS) is 33.0. The van der Waals surface area contributed by atoms with E-state index < -0.39 is 0 Å². The van der Waals surface area contributed by atoms with Gasteiger partial charge >= 0.3 is 6.03 Å². The molecule has 0 aromatic heterocycles. The molecule has 4 rings (SSSR count). The Bertz CT molecular complexity index is 446. The third kappa shape index (κ3) is 4.48. The number of nitrogens with one attached hydrogen (secondary N) is 1. The zero-order valence-electron chi connectivity index (χ0n) is 15.6. The topological polar surface area (TPSA) is 44.8 Å². The SMILES string of the molecule is O=C(N[C@@H]1C[C@@H]1C1CCCCC1)N1CCCN(C2CCOCC2)CC1. The molecule has 4 fully saturated rings. The van der Waals surface area contributed by atoms with E-state index in [9.17, 15) is 4.79 Å². The lowest BCUT2D eigenvalue weighted by Crippen LogP contribution is -2.45. The van der Waals surface area contributed by atoms with Gasteiger partial charge in [-0.1, -0.05) is 32.1 Å². The smallest absolute Gasteiger partial charge is 0.317 e. The Morgan fingerprint density at radius 1 is 0.880 bits per heavy atom. The molecule has 142 valence electrons. The fraction of sp³-hybridized carbons (Fsp3) is 0.950. The van der Waals surface area contributed by atoms with Crippen LogP contribution in [-0.2, 0) is 4.74 Å². The highest BCUT2D eigenvalue weighted by atomic mass is 16.5. The van der Waals surface area contributed by atoms with Crippen molar-refractivity contribution in [2.45, 2.75) is 69.9 Å². The van der Waals surface area contributed by atoms with Gasteiger partial charge in [-0.15, -0.1) is 0 Å². The summed E-state index contributed by atoms with van der Waals surface area (Å²) in [4.78, 5) is 17.3. The molecule has 1 N–H and O–H groups in total. The molecule has 2 atom stereocenters. The monoisotopic (exact) mass is 349 g/mol. The van der Waals surface area contributed by atoms with Gasteiger partial charge in [0.2, 0.25) is 0 Å². The fourth-order valence-corrected chi connectivity index (χ4v) is 5.27. The van der Waals surface area contributed by atoms with Crippen LogP contribution >= 0.6 is 0 Å². The first-order chi connectivity index (χ1) is 12.3. The van der Waals surface area contributed by atoms with Crippen molar-refractivity contribution in [1.82, 2.24) is 15.1 Å². The Hall–Kier alpha value is -0.810. The van der Waals surface area contributed by atoms with Crippen molar-refractivity contribution in [2.75, 3.05) is 39.4 Å². The molecule has 2 aliphatic heterocycles. The largest absolute Gasteiger partial charge is 0.381 e. The molecule has 0 unspecified atom stereocenters. The average Bonchev–Trinajstić information content (AvgIpc) is 3.46. The van der Waals surface area contributed by atoms with Crippen LogP contribution < -0.4 is 5.32 Å². The summed E-state index contributed by atoms with van der Waals surface area (Å²) in [5.74, 6) is 1.65. The van der Waals surface area contributed by atoms with E-state index in [-0.39, 0.29) is 6.03 Å². The molecule has 2 amide bonds. The molecule has 5 nitrogen and oxygen atoms in total. The quantitative estimate of drug-likeness (QED) is 0.852. The summed E-state index contributed by atoms with van der Waals surface area (Å²) in [7, 11) is 0. The molecular formula is C20H35N3O2.